The second-order valence-corrected chi connectivity index (χ2v) is 7.80. The van der Waals surface area contributed by atoms with Gasteiger partial charge in [-0.1, -0.05) is 0 Å². The molecule has 0 unspecified atom stereocenters. The SMILES string of the molecule is C[C@@](CO)(NC(=O)O)C(=O)N1CCN(C(=O)Nc2ccn(-c3ccc(C=O)cc3)c(=O)n2)CC1. The first kappa shape index (κ1) is 24.4. The maximum Gasteiger partial charge on any atom is 0.405 e. The summed E-state index contributed by atoms with van der Waals surface area (Å²) in [6.07, 6.45) is 0.704. The first-order valence-corrected chi connectivity index (χ1v) is 10.3. The van der Waals surface area contributed by atoms with Gasteiger partial charge < -0.3 is 25.3 Å². The van der Waals surface area contributed by atoms with Crippen molar-refractivity contribution in [3.8, 4) is 5.69 Å². The third-order valence-electron chi connectivity index (χ3n) is 5.37. The highest BCUT2D eigenvalue weighted by Crippen LogP contribution is 2.13. The largest absolute Gasteiger partial charge is 0.465 e. The number of nitrogens with one attached hydrogen (secondary N) is 2. The van der Waals surface area contributed by atoms with Crippen molar-refractivity contribution in [2.45, 2.75) is 12.5 Å². The topological polar surface area (TPSA) is 174 Å². The van der Waals surface area contributed by atoms with Crippen molar-refractivity contribution in [3.63, 3.8) is 0 Å². The number of anilines is 1. The Hall–Kier alpha value is -4.26. The van der Waals surface area contributed by atoms with Crippen LogP contribution in [0.1, 0.15) is 17.3 Å². The van der Waals surface area contributed by atoms with Crippen LogP contribution >= 0.6 is 0 Å². The van der Waals surface area contributed by atoms with Crippen LogP contribution in [0, 0.1) is 0 Å². The Morgan fingerprint density at radius 1 is 1.09 bits per heavy atom. The Balaban J connectivity index is 1.60. The van der Waals surface area contributed by atoms with E-state index < -0.39 is 35.9 Å². The van der Waals surface area contributed by atoms with E-state index in [1.165, 1.54) is 33.6 Å². The van der Waals surface area contributed by atoms with E-state index in [1.807, 2.05) is 5.32 Å². The number of nitrogens with zero attached hydrogens (tertiary/aromatic N) is 4. The Kier molecular flexibility index (Phi) is 7.26. The summed E-state index contributed by atoms with van der Waals surface area (Å²) < 4.78 is 1.26. The average molecular weight is 472 g/mol. The van der Waals surface area contributed by atoms with Gasteiger partial charge in [0.05, 0.1) is 12.3 Å². The highest BCUT2D eigenvalue weighted by atomic mass is 16.4. The first-order valence-electron chi connectivity index (χ1n) is 10.3. The van der Waals surface area contributed by atoms with Crippen molar-refractivity contribution in [1.82, 2.24) is 24.7 Å². The van der Waals surface area contributed by atoms with E-state index >= 15 is 0 Å². The average Bonchev–Trinajstić information content (AvgIpc) is 2.83. The second-order valence-electron chi connectivity index (χ2n) is 7.80. The predicted molar refractivity (Wildman–Crippen MR) is 119 cm³/mol. The molecule has 180 valence electrons. The number of aldehydes is 1. The minimum absolute atomic E-state index is 0.0489. The van der Waals surface area contributed by atoms with Crippen LogP contribution in [-0.4, -0.2) is 92.2 Å². The number of hydrogen-bond donors (Lipinski definition) is 4. The number of carboxylic acid groups (broad SMARTS) is 1. The number of amides is 4. The molecule has 0 radical (unpaired) electrons. The molecule has 0 saturated carbocycles. The van der Waals surface area contributed by atoms with Crippen LogP contribution in [0.5, 0.6) is 0 Å². The lowest BCUT2D eigenvalue weighted by molar-refractivity contribution is -0.140. The zero-order chi connectivity index (χ0) is 24.9. The molecule has 34 heavy (non-hydrogen) atoms. The number of aliphatic hydroxyl groups is 1. The smallest absolute Gasteiger partial charge is 0.405 e. The maximum atomic E-state index is 12.6. The second kappa shape index (κ2) is 10.1. The van der Waals surface area contributed by atoms with Gasteiger partial charge in [-0.25, -0.2) is 14.4 Å². The van der Waals surface area contributed by atoms with Crippen LogP contribution < -0.4 is 16.3 Å². The molecule has 1 aromatic carbocycles. The van der Waals surface area contributed by atoms with Crippen molar-refractivity contribution in [2.24, 2.45) is 0 Å². The number of hydrogen-bond acceptors (Lipinski definition) is 7. The van der Waals surface area contributed by atoms with E-state index in [9.17, 15) is 29.1 Å². The number of aromatic nitrogens is 2. The minimum atomic E-state index is -1.68. The van der Waals surface area contributed by atoms with Gasteiger partial charge in [-0.3, -0.25) is 19.5 Å². The number of carbonyl (C=O) groups is 4. The lowest BCUT2D eigenvalue weighted by Gasteiger charge is -2.38. The number of urea groups is 1. The van der Waals surface area contributed by atoms with Gasteiger partial charge >= 0.3 is 17.8 Å². The summed E-state index contributed by atoms with van der Waals surface area (Å²) in [5, 5.41) is 23.0. The van der Waals surface area contributed by atoms with Gasteiger partial charge in [-0.05, 0) is 37.3 Å². The van der Waals surface area contributed by atoms with Gasteiger partial charge in [0.1, 0.15) is 17.6 Å². The van der Waals surface area contributed by atoms with Crippen molar-refractivity contribution in [1.29, 1.82) is 0 Å². The summed E-state index contributed by atoms with van der Waals surface area (Å²) in [5.41, 5.74) is -1.33. The van der Waals surface area contributed by atoms with Gasteiger partial charge in [-0.2, -0.15) is 4.98 Å². The lowest BCUT2D eigenvalue weighted by atomic mass is 10.0. The summed E-state index contributed by atoms with van der Waals surface area (Å²) >= 11 is 0. The summed E-state index contributed by atoms with van der Waals surface area (Å²) in [4.78, 5) is 65.9. The van der Waals surface area contributed by atoms with Gasteiger partial charge in [0.15, 0.2) is 0 Å². The third-order valence-corrected chi connectivity index (χ3v) is 5.37. The summed E-state index contributed by atoms with van der Waals surface area (Å²) in [7, 11) is 0. The Bertz CT molecular complexity index is 1140. The van der Waals surface area contributed by atoms with Crippen LogP contribution in [0.3, 0.4) is 0 Å². The van der Waals surface area contributed by atoms with Gasteiger partial charge in [0, 0.05) is 37.9 Å². The molecule has 2 aromatic rings. The van der Waals surface area contributed by atoms with Gasteiger partial charge in [-0.15, -0.1) is 0 Å². The normalized spacial score (nSPS) is 15.2. The standard InChI is InChI=1S/C21H24N6O7/c1-21(13-29,24-20(33)34)17(30)25-8-10-26(11-9-25)18(31)22-16-6-7-27(19(32)23-16)15-4-2-14(12-28)3-5-15/h2-7,12,24,29H,8-11,13H2,1H3,(H,33,34)(H,22,23,31,32)/t21-/m0/s1. The van der Waals surface area contributed by atoms with Gasteiger partial charge in [0.2, 0.25) is 0 Å². The molecule has 4 amide bonds. The Morgan fingerprint density at radius 2 is 1.71 bits per heavy atom. The molecule has 0 aliphatic carbocycles. The molecular weight excluding hydrogens is 448 g/mol. The van der Waals surface area contributed by atoms with Crippen molar-refractivity contribution in [2.75, 3.05) is 38.1 Å². The molecule has 1 aliphatic rings. The van der Waals surface area contributed by atoms with Crippen molar-refractivity contribution in [3.05, 3.63) is 52.6 Å². The minimum Gasteiger partial charge on any atom is -0.465 e. The quantitative estimate of drug-likeness (QED) is 0.416. The number of aliphatic hydroxyl groups excluding tert-OH is 1. The zero-order valence-corrected chi connectivity index (χ0v) is 18.3. The fraction of sp³-hybridized carbons (Fsp3) is 0.333. The molecule has 13 nitrogen and oxygen atoms in total. The van der Waals surface area contributed by atoms with E-state index in [-0.39, 0.29) is 32.0 Å². The number of benzene rings is 1. The highest BCUT2D eigenvalue weighted by molar-refractivity contribution is 5.90. The molecule has 0 bridgehead atoms. The molecular formula is C21H24N6O7. The monoisotopic (exact) mass is 472 g/mol. The van der Waals surface area contributed by atoms with Crippen molar-refractivity contribution >= 4 is 30.1 Å². The molecule has 2 heterocycles. The summed E-state index contributed by atoms with van der Waals surface area (Å²) in [6.45, 7) is 1.16. The van der Waals surface area contributed by atoms with E-state index in [0.717, 1.165) is 0 Å². The highest BCUT2D eigenvalue weighted by Gasteiger charge is 2.39. The fourth-order valence-corrected chi connectivity index (χ4v) is 3.43. The Labute approximate surface area is 193 Å². The molecule has 3 rings (SSSR count). The van der Waals surface area contributed by atoms with Crippen LogP contribution in [-0.2, 0) is 4.79 Å². The number of piperazine rings is 1. The molecule has 1 saturated heterocycles. The summed E-state index contributed by atoms with van der Waals surface area (Å²) in [5.74, 6) is -0.545. The number of carbonyl (C=O) groups excluding carboxylic acids is 3. The van der Waals surface area contributed by atoms with Crippen LogP contribution in [0.25, 0.3) is 5.69 Å². The third kappa shape index (κ3) is 5.38. The van der Waals surface area contributed by atoms with Gasteiger partial charge in [0.25, 0.3) is 5.91 Å². The molecule has 0 spiro atoms. The van der Waals surface area contributed by atoms with E-state index in [0.29, 0.717) is 17.5 Å². The lowest BCUT2D eigenvalue weighted by Crippen LogP contribution is -2.63. The predicted octanol–water partition coefficient (Wildman–Crippen LogP) is -0.260. The molecule has 1 atom stereocenters. The fourth-order valence-electron chi connectivity index (χ4n) is 3.43. The van der Waals surface area contributed by atoms with E-state index in [2.05, 4.69) is 10.3 Å². The van der Waals surface area contributed by atoms with Crippen LogP contribution in [0.4, 0.5) is 15.4 Å². The van der Waals surface area contributed by atoms with Crippen LogP contribution in [0.2, 0.25) is 0 Å². The Morgan fingerprint density at radius 3 is 2.24 bits per heavy atom. The molecule has 1 aliphatic heterocycles. The molecule has 4 N–H and O–H groups in total. The first-order chi connectivity index (χ1) is 16.2. The van der Waals surface area contributed by atoms with Crippen molar-refractivity contribution < 1.29 is 29.4 Å². The van der Waals surface area contributed by atoms with E-state index in [4.69, 9.17) is 5.11 Å². The molecule has 13 heteroatoms. The van der Waals surface area contributed by atoms with E-state index in [1.54, 1.807) is 24.3 Å². The van der Waals surface area contributed by atoms with Crippen LogP contribution in [0.15, 0.2) is 41.3 Å². The zero-order valence-electron chi connectivity index (χ0n) is 18.3. The maximum absolute atomic E-state index is 12.6. The summed E-state index contributed by atoms with van der Waals surface area (Å²) in [6, 6.07) is 7.27. The molecule has 1 aromatic heterocycles. The number of rotatable bonds is 6. The molecule has 1 fully saturated rings.